The molecule has 0 fully saturated rings. The van der Waals surface area contributed by atoms with Crippen LogP contribution in [-0.2, 0) is 6.42 Å². The first-order chi connectivity index (χ1) is 13.6. The number of guanidine groups is 1. The molecule has 0 radical (unpaired) electrons. The van der Waals surface area contributed by atoms with Gasteiger partial charge in [-0.25, -0.2) is 0 Å². The SMILES string of the molecule is CN=C(NCCc1nnc2ccccn12)N(C)CCOc1cc(C)cc(C)c1. The fourth-order valence-electron chi connectivity index (χ4n) is 3.15. The fraction of sp³-hybridized carbons (Fsp3) is 0.381. The number of likely N-dealkylation sites (N-methyl/N-ethyl adjacent to an activating group) is 1. The van der Waals surface area contributed by atoms with Crippen molar-refractivity contribution in [1.82, 2.24) is 24.8 Å². The third-order valence-corrected chi connectivity index (χ3v) is 4.48. The van der Waals surface area contributed by atoms with Crippen LogP contribution in [0.5, 0.6) is 5.75 Å². The van der Waals surface area contributed by atoms with Gasteiger partial charge in [-0.3, -0.25) is 9.39 Å². The lowest BCUT2D eigenvalue weighted by Crippen LogP contribution is -2.41. The number of aryl methyl sites for hydroxylation is 2. The number of aromatic nitrogens is 3. The molecule has 3 rings (SSSR count). The lowest BCUT2D eigenvalue weighted by atomic mass is 10.1. The van der Waals surface area contributed by atoms with E-state index in [9.17, 15) is 0 Å². The first-order valence-corrected chi connectivity index (χ1v) is 9.48. The Labute approximate surface area is 166 Å². The second-order valence-electron chi connectivity index (χ2n) is 6.86. The van der Waals surface area contributed by atoms with Crippen LogP contribution in [0.25, 0.3) is 5.65 Å². The van der Waals surface area contributed by atoms with E-state index >= 15 is 0 Å². The Hall–Kier alpha value is -3.09. The quantitative estimate of drug-likeness (QED) is 0.504. The highest BCUT2D eigenvalue weighted by Crippen LogP contribution is 2.16. The standard InChI is InChI=1S/C21H28N6O/c1-16-13-17(2)15-18(14-16)28-12-11-26(4)21(22-3)23-9-8-20-25-24-19-7-5-6-10-27(19)20/h5-7,10,13-15H,8-9,11-12H2,1-4H3,(H,22,23). The van der Waals surface area contributed by atoms with E-state index in [4.69, 9.17) is 4.74 Å². The molecular formula is C21H28N6O. The summed E-state index contributed by atoms with van der Waals surface area (Å²) in [7, 11) is 3.79. The van der Waals surface area contributed by atoms with Crippen LogP contribution in [0.15, 0.2) is 47.6 Å². The van der Waals surface area contributed by atoms with Gasteiger partial charge in [0.1, 0.15) is 18.2 Å². The van der Waals surface area contributed by atoms with Crippen molar-refractivity contribution in [2.75, 3.05) is 33.8 Å². The summed E-state index contributed by atoms with van der Waals surface area (Å²) in [6.45, 7) is 6.22. The summed E-state index contributed by atoms with van der Waals surface area (Å²) < 4.78 is 7.90. The minimum Gasteiger partial charge on any atom is -0.492 e. The molecule has 0 aliphatic carbocycles. The van der Waals surface area contributed by atoms with Gasteiger partial charge in [0, 0.05) is 33.3 Å². The molecule has 2 aromatic heterocycles. The highest BCUT2D eigenvalue weighted by Gasteiger charge is 2.08. The van der Waals surface area contributed by atoms with Gasteiger partial charge in [-0.05, 0) is 49.2 Å². The third kappa shape index (κ3) is 5.00. The number of nitrogens with one attached hydrogen (secondary N) is 1. The van der Waals surface area contributed by atoms with Crippen LogP contribution in [0.3, 0.4) is 0 Å². The van der Waals surface area contributed by atoms with E-state index in [-0.39, 0.29) is 0 Å². The van der Waals surface area contributed by atoms with Crippen molar-refractivity contribution in [3.63, 3.8) is 0 Å². The normalized spacial score (nSPS) is 11.6. The molecule has 2 heterocycles. The number of fused-ring (bicyclic) bond motifs is 1. The third-order valence-electron chi connectivity index (χ3n) is 4.48. The molecule has 28 heavy (non-hydrogen) atoms. The molecule has 7 nitrogen and oxygen atoms in total. The van der Waals surface area contributed by atoms with Crippen LogP contribution in [0.4, 0.5) is 0 Å². The van der Waals surface area contributed by atoms with E-state index in [1.807, 2.05) is 35.8 Å². The van der Waals surface area contributed by atoms with E-state index in [1.54, 1.807) is 7.05 Å². The summed E-state index contributed by atoms with van der Waals surface area (Å²) in [6.07, 6.45) is 2.74. The van der Waals surface area contributed by atoms with Crippen LogP contribution in [-0.4, -0.2) is 59.2 Å². The summed E-state index contributed by atoms with van der Waals surface area (Å²) in [5, 5.41) is 11.8. The Bertz CT molecular complexity index is 929. The predicted molar refractivity (Wildman–Crippen MR) is 112 cm³/mol. The molecule has 0 unspecified atom stereocenters. The van der Waals surface area contributed by atoms with Crippen molar-refractivity contribution in [3.05, 3.63) is 59.5 Å². The molecule has 1 N–H and O–H groups in total. The van der Waals surface area contributed by atoms with E-state index in [2.05, 4.69) is 57.5 Å². The van der Waals surface area contributed by atoms with Crippen molar-refractivity contribution in [2.45, 2.75) is 20.3 Å². The number of hydrogen-bond donors (Lipinski definition) is 1. The summed E-state index contributed by atoms with van der Waals surface area (Å²) in [6, 6.07) is 12.2. The van der Waals surface area contributed by atoms with Crippen LogP contribution in [0, 0.1) is 13.8 Å². The summed E-state index contributed by atoms with van der Waals surface area (Å²) in [5.74, 6) is 2.67. The molecule has 1 aromatic carbocycles. The molecule has 0 saturated carbocycles. The van der Waals surface area contributed by atoms with Gasteiger partial charge in [0.15, 0.2) is 11.6 Å². The number of rotatable bonds is 7. The van der Waals surface area contributed by atoms with Gasteiger partial charge in [-0.15, -0.1) is 10.2 Å². The fourth-order valence-corrected chi connectivity index (χ4v) is 3.15. The van der Waals surface area contributed by atoms with E-state index in [1.165, 1.54) is 11.1 Å². The Kier molecular flexibility index (Phi) is 6.47. The van der Waals surface area contributed by atoms with Gasteiger partial charge in [0.05, 0.1) is 6.54 Å². The molecule has 0 spiro atoms. The molecule has 7 heteroatoms. The second kappa shape index (κ2) is 9.21. The first kappa shape index (κ1) is 19.7. The molecule has 3 aromatic rings. The van der Waals surface area contributed by atoms with Crippen LogP contribution in [0.2, 0.25) is 0 Å². The second-order valence-corrected chi connectivity index (χ2v) is 6.86. The van der Waals surface area contributed by atoms with Gasteiger partial charge in [-0.1, -0.05) is 12.1 Å². The predicted octanol–water partition coefficient (Wildman–Crippen LogP) is 2.47. The minimum absolute atomic E-state index is 0.592. The molecule has 0 bridgehead atoms. The van der Waals surface area contributed by atoms with Crippen LogP contribution >= 0.6 is 0 Å². The van der Waals surface area contributed by atoms with Crippen molar-refractivity contribution < 1.29 is 4.74 Å². The Balaban J connectivity index is 1.46. The average Bonchev–Trinajstić information content (AvgIpc) is 3.07. The van der Waals surface area contributed by atoms with Gasteiger partial charge >= 0.3 is 0 Å². The van der Waals surface area contributed by atoms with Gasteiger partial charge in [0.2, 0.25) is 0 Å². The molecule has 0 saturated heterocycles. The molecular weight excluding hydrogens is 352 g/mol. The van der Waals surface area contributed by atoms with Crippen molar-refractivity contribution in [3.8, 4) is 5.75 Å². The summed E-state index contributed by atoms with van der Waals surface area (Å²) in [5.41, 5.74) is 3.28. The number of pyridine rings is 1. The van der Waals surface area contributed by atoms with Crippen molar-refractivity contribution >= 4 is 11.6 Å². The molecule has 0 aliphatic rings. The number of aliphatic imine (C=N–C) groups is 1. The topological polar surface area (TPSA) is 67.0 Å². The maximum absolute atomic E-state index is 5.90. The molecule has 0 atom stereocenters. The maximum atomic E-state index is 5.90. The molecule has 148 valence electrons. The number of ether oxygens (including phenoxy) is 1. The van der Waals surface area contributed by atoms with E-state index < -0.39 is 0 Å². The number of benzene rings is 1. The Morgan fingerprint density at radius 3 is 2.71 bits per heavy atom. The Morgan fingerprint density at radius 2 is 1.96 bits per heavy atom. The summed E-state index contributed by atoms with van der Waals surface area (Å²) >= 11 is 0. The lowest BCUT2D eigenvalue weighted by molar-refractivity contribution is 0.281. The Morgan fingerprint density at radius 1 is 1.18 bits per heavy atom. The molecule has 0 amide bonds. The first-order valence-electron chi connectivity index (χ1n) is 9.48. The van der Waals surface area contributed by atoms with Gasteiger partial charge in [0.25, 0.3) is 0 Å². The zero-order valence-electron chi connectivity index (χ0n) is 17.0. The average molecular weight is 380 g/mol. The number of nitrogens with zero attached hydrogens (tertiary/aromatic N) is 5. The van der Waals surface area contributed by atoms with Gasteiger partial charge < -0.3 is 15.0 Å². The monoisotopic (exact) mass is 380 g/mol. The maximum Gasteiger partial charge on any atom is 0.193 e. The van der Waals surface area contributed by atoms with E-state index in [0.29, 0.717) is 6.61 Å². The van der Waals surface area contributed by atoms with Gasteiger partial charge in [-0.2, -0.15) is 0 Å². The largest absolute Gasteiger partial charge is 0.492 e. The smallest absolute Gasteiger partial charge is 0.193 e. The highest BCUT2D eigenvalue weighted by atomic mass is 16.5. The number of hydrogen-bond acceptors (Lipinski definition) is 4. The molecule has 0 aliphatic heterocycles. The van der Waals surface area contributed by atoms with Crippen molar-refractivity contribution in [1.29, 1.82) is 0 Å². The van der Waals surface area contributed by atoms with Crippen LogP contribution in [0.1, 0.15) is 17.0 Å². The van der Waals surface area contributed by atoms with Crippen molar-refractivity contribution in [2.24, 2.45) is 4.99 Å². The lowest BCUT2D eigenvalue weighted by Gasteiger charge is -2.22. The zero-order valence-corrected chi connectivity index (χ0v) is 17.0. The van der Waals surface area contributed by atoms with Crippen LogP contribution < -0.4 is 10.1 Å². The highest BCUT2D eigenvalue weighted by molar-refractivity contribution is 5.79. The summed E-state index contributed by atoms with van der Waals surface area (Å²) in [4.78, 5) is 6.42. The zero-order chi connectivity index (χ0) is 19.9. The minimum atomic E-state index is 0.592. The van der Waals surface area contributed by atoms with E-state index in [0.717, 1.165) is 42.7 Å².